The van der Waals surface area contributed by atoms with Crippen LogP contribution in [0.25, 0.3) is 0 Å². The number of carbonyl (C=O) groups is 1. The quantitative estimate of drug-likeness (QED) is 0.817. The molecule has 2 aromatic rings. The molecule has 0 saturated carbocycles. The highest BCUT2D eigenvalue weighted by Gasteiger charge is 2.29. The van der Waals surface area contributed by atoms with Gasteiger partial charge in [-0.3, -0.25) is 4.79 Å². The Labute approximate surface area is 142 Å². The van der Waals surface area contributed by atoms with Crippen LogP contribution in [0.4, 0.5) is 0 Å². The summed E-state index contributed by atoms with van der Waals surface area (Å²) >= 11 is 0. The molecular formula is C19H24N2O3. The summed E-state index contributed by atoms with van der Waals surface area (Å²) in [5, 5.41) is 3.04. The summed E-state index contributed by atoms with van der Waals surface area (Å²) in [5.41, 5.74) is 6.92. The number of nitrogens with two attached hydrogens (primary N) is 1. The van der Waals surface area contributed by atoms with E-state index in [-0.39, 0.29) is 12.5 Å². The highest BCUT2D eigenvalue weighted by Crippen LogP contribution is 2.34. The number of nitrogens with one attached hydrogen (secondary N) is 1. The second kappa shape index (κ2) is 7.84. The van der Waals surface area contributed by atoms with E-state index in [2.05, 4.69) is 5.32 Å². The fourth-order valence-electron chi connectivity index (χ4n) is 2.76. The largest absolute Gasteiger partial charge is 0.493 e. The maximum absolute atomic E-state index is 12.0. The Morgan fingerprint density at radius 2 is 1.75 bits per heavy atom. The second-order valence-electron chi connectivity index (χ2n) is 5.82. The van der Waals surface area contributed by atoms with Gasteiger partial charge in [-0.15, -0.1) is 0 Å². The minimum atomic E-state index is -0.614. The van der Waals surface area contributed by atoms with Gasteiger partial charge in [0.15, 0.2) is 11.5 Å². The molecule has 0 aliphatic rings. The molecule has 1 unspecified atom stereocenters. The lowest BCUT2D eigenvalue weighted by molar-refractivity contribution is -0.121. The lowest BCUT2D eigenvalue weighted by atomic mass is 9.85. The van der Waals surface area contributed by atoms with Crippen molar-refractivity contribution in [3.63, 3.8) is 0 Å². The first kappa shape index (κ1) is 17.8. The predicted molar refractivity (Wildman–Crippen MR) is 94.2 cm³/mol. The van der Waals surface area contributed by atoms with Gasteiger partial charge in [0.05, 0.1) is 26.3 Å². The van der Waals surface area contributed by atoms with Gasteiger partial charge >= 0.3 is 0 Å². The smallest absolute Gasteiger partial charge is 0.234 e. The third-order valence-electron chi connectivity index (χ3n) is 4.02. The number of carbonyl (C=O) groups excluding carboxylic acids is 1. The van der Waals surface area contributed by atoms with E-state index in [4.69, 9.17) is 15.2 Å². The van der Waals surface area contributed by atoms with Gasteiger partial charge in [-0.1, -0.05) is 36.4 Å². The Kier molecular flexibility index (Phi) is 5.82. The molecule has 0 radical (unpaired) electrons. The number of methoxy groups -OCH3 is 2. The Hall–Kier alpha value is -2.53. The van der Waals surface area contributed by atoms with Gasteiger partial charge in [0.25, 0.3) is 0 Å². The van der Waals surface area contributed by atoms with Gasteiger partial charge in [-0.25, -0.2) is 0 Å². The molecule has 0 saturated heterocycles. The van der Waals surface area contributed by atoms with Crippen LogP contribution in [-0.4, -0.2) is 26.7 Å². The summed E-state index contributed by atoms with van der Waals surface area (Å²) in [6.07, 6.45) is 0.634. The Bertz CT molecular complexity index is 688. The second-order valence-corrected chi connectivity index (χ2v) is 5.82. The zero-order chi connectivity index (χ0) is 17.6. The van der Waals surface area contributed by atoms with Crippen LogP contribution in [0, 0.1) is 0 Å². The maximum atomic E-state index is 12.0. The van der Waals surface area contributed by atoms with Crippen molar-refractivity contribution in [3.05, 3.63) is 59.7 Å². The van der Waals surface area contributed by atoms with Crippen LogP contribution in [0.2, 0.25) is 0 Å². The Morgan fingerprint density at radius 3 is 2.33 bits per heavy atom. The monoisotopic (exact) mass is 328 g/mol. The van der Waals surface area contributed by atoms with Crippen molar-refractivity contribution in [1.82, 2.24) is 5.32 Å². The van der Waals surface area contributed by atoms with Crippen LogP contribution in [-0.2, 0) is 16.8 Å². The van der Waals surface area contributed by atoms with E-state index in [0.29, 0.717) is 17.9 Å². The van der Waals surface area contributed by atoms with Gasteiger partial charge < -0.3 is 20.5 Å². The maximum Gasteiger partial charge on any atom is 0.234 e. The number of hydrogen-bond donors (Lipinski definition) is 2. The van der Waals surface area contributed by atoms with Gasteiger partial charge in [-0.2, -0.15) is 0 Å². The highest BCUT2D eigenvalue weighted by atomic mass is 16.5. The average molecular weight is 328 g/mol. The van der Waals surface area contributed by atoms with E-state index >= 15 is 0 Å². The van der Waals surface area contributed by atoms with Crippen molar-refractivity contribution in [2.24, 2.45) is 5.73 Å². The van der Waals surface area contributed by atoms with Crippen LogP contribution >= 0.6 is 0 Å². The van der Waals surface area contributed by atoms with Crippen LogP contribution in [0.5, 0.6) is 11.5 Å². The zero-order valence-electron chi connectivity index (χ0n) is 14.3. The Balaban J connectivity index is 2.43. The molecule has 0 heterocycles. The third-order valence-corrected chi connectivity index (χ3v) is 4.02. The molecule has 128 valence electrons. The molecule has 0 spiro atoms. The fourth-order valence-corrected chi connectivity index (χ4v) is 2.76. The molecule has 0 aromatic heterocycles. The average Bonchev–Trinajstić information content (AvgIpc) is 2.61. The fraction of sp³-hybridized carbons (Fsp3) is 0.316. The molecule has 24 heavy (non-hydrogen) atoms. The molecular weight excluding hydrogens is 304 g/mol. The van der Waals surface area contributed by atoms with E-state index in [1.54, 1.807) is 14.2 Å². The van der Waals surface area contributed by atoms with Crippen molar-refractivity contribution in [3.8, 4) is 11.5 Å². The highest BCUT2D eigenvalue weighted by molar-refractivity contribution is 5.79. The first-order valence-electron chi connectivity index (χ1n) is 7.80. The van der Waals surface area contributed by atoms with Gasteiger partial charge in [-0.05, 0) is 36.6 Å². The van der Waals surface area contributed by atoms with E-state index in [0.717, 1.165) is 11.1 Å². The first-order chi connectivity index (χ1) is 11.5. The molecule has 2 aromatic carbocycles. The summed E-state index contributed by atoms with van der Waals surface area (Å²) in [5.74, 6) is 1.06. The lowest BCUT2D eigenvalue weighted by Gasteiger charge is -2.32. The molecule has 0 fully saturated rings. The van der Waals surface area contributed by atoms with Gasteiger partial charge in [0, 0.05) is 0 Å². The van der Waals surface area contributed by atoms with Crippen molar-refractivity contribution < 1.29 is 14.3 Å². The first-order valence-corrected chi connectivity index (χ1v) is 7.80. The lowest BCUT2D eigenvalue weighted by Crippen LogP contribution is -2.47. The van der Waals surface area contributed by atoms with Crippen LogP contribution in [0.15, 0.2) is 48.5 Å². The summed E-state index contributed by atoms with van der Waals surface area (Å²) in [6, 6.07) is 15.7. The number of hydrogen-bond acceptors (Lipinski definition) is 4. The van der Waals surface area contributed by atoms with Gasteiger partial charge in [0.1, 0.15) is 0 Å². The molecule has 2 rings (SSSR count). The van der Waals surface area contributed by atoms with E-state index < -0.39 is 5.54 Å². The topological polar surface area (TPSA) is 73.6 Å². The molecule has 0 aliphatic heterocycles. The normalized spacial score (nSPS) is 13.0. The number of amides is 1. The predicted octanol–water partition coefficient (Wildman–Crippen LogP) is 2.24. The minimum absolute atomic E-state index is 0.0579. The summed E-state index contributed by atoms with van der Waals surface area (Å²) in [7, 11) is 3.19. The molecule has 0 bridgehead atoms. The number of rotatable bonds is 7. The molecule has 1 atom stereocenters. The van der Waals surface area contributed by atoms with Crippen LogP contribution in [0.1, 0.15) is 18.1 Å². The SMILES string of the molecule is COc1ccc(C(C)(Cc2ccccc2)NC(=O)CN)cc1OC. The third kappa shape index (κ3) is 4.06. The van der Waals surface area contributed by atoms with Crippen LogP contribution in [0.3, 0.4) is 0 Å². The standard InChI is InChI=1S/C19H24N2O3/c1-19(21-18(22)13-20,12-14-7-5-4-6-8-14)15-9-10-16(23-2)17(11-15)24-3/h4-11H,12-13,20H2,1-3H3,(H,21,22). The van der Waals surface area contributed by atoms with Crippen molar-refractivity contribution >= 4 is 5.91 Å². The molecule has 3 N–H and O–H groups in total. The van der Waals surface area contributed by atoms with Crippen molar-refractivity contribution in [2.45, 2.75) is 18.9 Å². The van der Waals surface area contributed by atoms with Crippen molar-refractivity contribution in [1.29, 1.82) is 0 Å². The van der Waals surface area contributed by atoms with E-state index in [9.17, 15) is 4.79 Å². The molecule has 5 nitrogen and oxygen atoms in total. The summed E-state index contributed by atoms with van der Waals surface area (Å²) < 4.78 is 10.7. The Morgan fingerprint density at radius 1 is 1.08 bits per heavy atom. The van der Waals surface area contributed by atoms with Crippen LogP contribution < -0.4 is 20.5 Å². The summed E-state index contributed by atoms with van der Waals surface area (Å²) in [6.45, 7) is 1.92. The molecule has 0 aliphatic carbocycles. The molecule has 1 amide bonds. The van der Waals surface area contributed by atoms with E-state index in [1.807, 2.05) is 55.5 Å². The number of ether oxygens (including phenoxy) is 2. The molecule has 5 heteroatoms. The zero-order valence-corrected chi connectivity index (χ0v) is 14.3. The summed E-state index contributed by atoms with van der Waals surface area (Å²) in [4.78, 5) is 12.0. The van der Waals surface area contributed by atoms with E-state index in [1.165, 1.54) is 0 Å². The van der Waals surface area contributed by atoms with Crippen molar-refractivity contribution in [2.75, 3.05) is 20.8 Å². The minimum Gasteiger partial charge on any atom is -0.493 e. The number of benzene rings is 2. The van der Waals surface area contributed by atoms with Gasteiger partial charge in [0.2, 0.25) is 5.91 Å².